The molecule has 1 aliphatic heterocycles. The number of carbonyl (C=O) groups excluding carboxylic acids is 1. The maximum atomic E-state index is 11.0. The van der Waals surface area contributed by atoms with Gasteiger partial charge >= 0.3 is 0 Å². The molecule has 1 aliphatic rings. The second kappa shape index (κ2) is 5.35. The third kappa shape index (κ3) is 3.66. The van der Waals surface area contributed by atoms with Crippen LogP contribution in [0.1, 0.15) is 33.1 Å². The number of nitrogens with zero attached hydrogens (tertiary/aromatic N) is 1. The van der Waals surface area contributed by atoms with E-state index in [2.05, 4.69) is 24.2 Å². The number of amides is 1. The number of rotatable bonds is 3. The minimum atomic E-state index is 0.0977. The van der Waals surface area contributed by atoms with Crippen LogP contribution in [0.25, 0.3) is 0 Å². The van der Waals surface area contributed by atoms with Crippen LogP contribution in [0, 0.1) is 5.92 Å². The highest BCUT2D eigenvalue weighted by Crippen LogP contribution is 2.20. The molecule has 0 aromatic rings. The van der Waals surface area contributed by atoms with Crippen molar-refractivity contribution in [2.75, 3.05) is 20.1 Å². The number of hydrogen-bond donors (Lipinski definition) is 1. The molecule has 1 saturated heterocycles. The van der Waals surface area contributed by atoms with E-state index in [1.807, 2.05) is 0 Å². The van der Waals surface area contributed by atoms with Gasteiger partial charge in [0.25, 0.3) is 0 Å². The van der Waals surface area contributed by atoms with E-state index in [0.29, 0.717) is 6.04 Å². The van der Waals surface area contributed by atoms with E-state index in [4.69, 9.17) is 0 Å². The lowest BCUT2D eigenvalue weighted by molar-refractivity contribution is -0.120. The fraction of sp³-hybridized carbons (Fsp3) is 0.909. The molecular formula is C11H22N2O. The molecule has 14 heavy (non-hydrogen) atoms. The molecule has 3 heteroatoms. The first-order valence-electron chi connectivity index (χ1n) is 5.57. The minimum Gasteiger partial charge on any atom is -0.352 e. The molecule has 1 N–H and O–H groups in total. The first kappa shape index (κ1) is 11.5. The molecule has 1 amide bonds. The van der Waals surface area contributed by atoms with Gasteiger partial charge in [0.2, 0.25) is 5.91 Å². The van der Waals surface area contributed by atoms with E-state index in [1.54, 1.807) is 6.92 Å². The molecule has 0 aliphatic carbocycles. The molecule has 0 aromatic heterocycles. The molecule has 1 fully saturated rings. The molecule has 0 saturated carbocycles. The molecule has 0 bridgehead atoms. The van der Waals surface area contributed by atoms with Crippen LogP contribution in [-0.4, -0.2) is 37.0 Å². The first-order chi connectivity index (χ1) is 6.61. The summed E-state index contributed by atoms with van der Waals surface area (Å²) in [6.07, 6.45) is 3.67. The zero-order valence-electron chi connectivity index (χ0n) is 9.55. The lowest BCUT2D eigenvalue weighted by Gasteiger charge is -2.35. The van der Waals surface area contributed by atoms with Gasteiger partial charge in [-0.2, -0.15) is 0 Å². The van der Waals surface area contributed by atoms with Crippen molar-refractivity contribution in [1.82, 2.24) is 10.2 Å². The summed E-state index contributed by atoms with van der Waals surface area (Å²) in [7, 11) is 2.14. The van der Waals surface area contributed by atoms with Crippen molar-refractivity contribution in [3.05, 3.63) is 0 Å². The van der Waals surface area contributed by atoms with E-state index >= 15 is 0 Å². The zero-order valence-corrected chi connectivity index (χ0v) is 9.55. The Bertz CT molecular complexity index is 194. The fourth-order valence-electron chi connectivity index (χ4n) is 2.45. The van der Waals surface area contributed by atoms with Gasteiger partial charge in [-0.25, -0.2) is 0 Å². The Morgan fingerprint density at radius 2 is 2.21 bits per heavy atom. The summed E-state index contributed by atoms with van der Waals surface area (Å²) >= 11 is 0. The summed E-state index contributed by atoms with van der Waals surface area (Å²) in [6, 6.07) is 0.364. The van der Waals surface area contributed by atoms with E-state index in [9.17, 15) is 4.79 Å². The number of likely N-dealkylation sites (tertiary alicyclic amines) is 1. The van der Waals surface area contributed by atoms with Crippen molar-refractivity contribution in [2.24, 2.45) is 5.92 Å². The summed E-state index contributed by atoms with van der Waals surface area (Å²) < 4.78 is 0. The van der Waals surface area contributed by atoms with Crippen LogP contribution in [0.4, 0.5) is 0 Å². The second-order valence-electron chi connectivity index (χ2n) is 4.51. The maximum absolute atomic E-state index is 11.0. The van der Waals surface area contributed by atoms with E-state index in [1.165, 1.54) is 19.4 Å². The highest BCUT2D eigenvalue weighted by Gasteiger charge is 2.24. The summed E-state index contributed by atoms with van der Waals surface area (Å²) in [5.41, 5.74) is 0. The molecule has 0 radical (unpaired) electrons. The van der Waals surface area contributed by atoms with Crippen molar-refractivity contribution < 1.29 is 4.79 Å². The molecule has 1 heterocycles. The standard InChI is InChI=1S/C11H22N2O/c1-4-5-10-6-11(12-9(2)14)8-13(3)7-10/h10-11H,4-8H2,1-3H3,(H,12,14). The third-order valence-electron chi connectivity index (χ3n) is 2.82. The molecule has 1 rings (SSSR count). The minimum absolute atomic E-state index is 0.0977. The molecule has 3 nitrogen and oxygen atoms in total. The van der Waals surface area contributed by atoms with Crippen LogP contribution >= 0.6 is 0 Å². The normalized spacial score (nSPS) is 28.8. The SMILES string of the molecule is CCCC1CC(NC(C)=O)CN(C)C1. The van der Waals surface area contributed by atoms with Gasteiger partial charge in [0, 0.05) is 26.1 Å². The van der Waals surface area contributed by atoms with Gasteiger partial charge in [-0.05, 0) is 25.8 Å². The van der Waals surface area contributed by atoms with Crippen LogP contribution < -0.4 is 5.32 Å². The van der Waals surface area contributed by atoms with Gasteiger partial charge in [0.15, 0.2) is 0 Å². The highest BCUT2D eigenvalue weighted by molar-refractivity contribution is 5.73. The van der Waals surface area contributed by atoms with Crippen molar-refractivity contribution in [3.8, 4) is 0 Å². The Labute approximate surface area is 86.9 Å². The Morgan fingerprint density at radius 1 is 1.50 bits per heavy atom. The highest BCUT2D eigenvalue weighted by atomic mass is 16.1. The Balaban J connectivity index is 2.41. The molecular weight excluding hydrogens is 176 g/mol. The molecule has 0 spiro atoms. The van der Waals surface area contributed by atoms with Gasteiger partial charge in [-0.1, -0.05) is 13.3 Å². The van der Waals surface area contributed by atoms with Crippen molar-refractivity contribution in [2.45, 2.75) is 39.2 Å². The Hall–Kier alpha value is -0.570. The van der Waals surface area contributed by atoms with Crippen LogP contribution in [0.5, 0.6) is 0 Å². The van der Waals surface area contributed by atoms with Crippen LogP contribution in [0.2, 0.25) is 0 Å². The van der Waals surface area contributed by atoms with Gasteiger partial charge < -0.3 is 10.2 Å². The summed E-state index contributed by atoms with van der Waals surface area (Å²) in [6.45, 7) is 6.01. The van der Waals surface area contributed by atoms with Gasteiger partial charge in [0.05, 0.1) is 0 Å². The predicted molar refractivity (Wildman–Crippen MR) is 58.1 cm³/mol. The van der Waals surface area contributed by atoms with E-state index in [-0.39, 0.29) is 5.91 Å². The lowest BCUT2D eigenvalue weighted by atomic mass is 9.91. The summed E-state index contributed by atoms with van der Waals surface area (Å²) in [4.78, 5) is 13.3. The topological polar surface area (TPSA) is 32.3 Å². The predicted octanol–water partition coefficient (Wildman–Crippen LogP) is 1.24. The largest absolute Gasteiger partial charge is 0.352 e. The quantitative estimate of drug-likeness (QED) is 0.740. The molecule has 2 unspecified atom stereocenters. The smallest absolute Gasteiger partial charge is 0.217 e. The van der Waals surface area contributed by atoms with E-state index < -0.39 is 0 Å². The van der Waals surface area contributed by atoms with Gasteiger partial charge in [0.1, 0.15) is 0 Å². The average Bonchev–Trinajstić information content (AvgIpc) is 2.01. The van der Waals surface area contributed by atoms with Crippen molar-refractivity contribution in [3.63, 3.8) is 0 Å². The summed E-state index contributed by atoms with van der Waals surface area (Å²) in [5.74, 6) is 0.858. The van der Waals surface area contributed by atoms with E-state index in [0.717, 1.165) is 18.9 Å². The van der Waals surface area contributed by atoms with Crippen LogP contribution in [-0.2, 0) is 4.79 Å². The van der Waals surface area contributed by atoms with Crippen LogP contribution in [0.15, 0.2) is 0 Å². The van der Waals surface area contributed by atoms with Gasteiger partial charge in [-0.15, -0.1) is 0 Å². The van der Waals surface area contributed by atoms with Crippen molar-refractivity contribution >= 4 is 5.91 Å². The number of piperidine rings is 1. The second-order valence-corrected chi connectivity index (χ2v) is 4.51. The number of hydrogen-bond acceptors (Lipinski definition) is 2. The third-order valence-corrected chi connectivity index (χ3v) is 2.82. The Morgan fingerprint density at radius 3 is 2.79 bits per heavy atom. The monoisotopic (exact) mass is 198 g/mol. The van der Waals surface area contributed by atoms with Gasteiger partial charge in [-0.3, -0.25) is 4.79 Å². The zero-order chi connectivity index (χ0) is 10.6. The summed E-state index contributed by atoms with van der Waals surface area (Å²) in [5, 5.41) is 3.02. The van der Waals surface area contributed by atoms with Crippen LogP contribution in [0.3, 0.4) is 0 Å². The maximum Gasteiger partial charge on any atom is 0.217 e. The number of likely N-dealkylation sites (N-methyl/N-ethyl adjacent to an activating group) is 1. The molecule has 0 aromatic carbocycles. The molecule has 2 atom stereocenters. The Kier molecular flexibility index (Phi) is 4.39. The lowest BCUT2D eigenvalue weighted by Crippen LogP contribution is -2.48. The fourth-order valence-corrected chi connectivity index (χ4v) is 2.45. The average molecular weight is 198 g/mol. The van der Waals surface area contributed by atoms with Crippen molar-refractivity contribution in [1.29, 1.82) is 0 Å². The first-order valence-corrected chi connectivity index (χ1v) is 5.57. The number of nitrogens with one attached hydrogen (secondary N) is 1. The molecule has 82 valence electrons. The number of carbonyl (C=O) groups is 1.